The summed E-state index contributed by atoms with van der Waals surface area (Å²) in [5.74, 6) is 0.484. The van der Waals surface area contributed by atoms with Crippen molar-refractivity contribution >= 4 is 33.0 Å². The molecule has 0 amide bonds. The van der Waals surface area contributed by atoms with Gasteiger partial charge in [0.2, 0.25) is 0 Å². The summed E-state index contributed by atoms with van der Waals surface area (Å²) in [5, 5.41) is 2.12. The molecule has 0 bridgehead atoms. The van der Waals surface area contributed by atoms with Gasteiger partial charge in [0.1, 0.15) is 5.65 Å². The van der Waals surface area contributed by atoms with E-state index in [1.54, 1.807) is 0 Å². The Morgan fingerprint density at radius 1 is 1.12 bits per heavy atom. The first-order chi connectivity index (χ1) is 15.6. The maximum Gasteiger partial charge on any atom is 0.329 e. The summed E-state index contributed by atoms with van der Waals surface area (Å²) in [4.78, 5) is 26.3. The van der Waals surface area contributed by atoms with Gasteiger partial charge in [0.15, 0.2) is 0 Å². The van der Waals surface area contributed by atoms with Crippen LogP contribution in [0, 0.1) is 12.8 Å². The van der Waals surface area contributed by atoms with E-state index in [1.807, 2.05) is 42.1 Å². The molecule has 6 nitrogen and oxygen atoms in total. The normalized spacial score (nSPS) is 19.3. The fraction of sp³-hybridized carbons (Fsp3) is 0.346. The van der Waals surface area contributed by atoms with Gasteiger partial charge in [0, 0.05) is 28.7 Å². The number of benzene rings is 1. The van der Waals surface area contributed by atoms with Crippen molar-refractivity contribution in [1.29, 1.82) is 0 Å². The highest BCUT2D eigenvalue weighted by molar-refractivity contribution is 6.01. The molecule has 1 aliphatic rings. The molecule has 0 saturated heterocycles. The van der Waals surface area contributed by atoms with Crippen LogP contribution in [0.1, 0.15) is 49.9 Å². The van der Waals surface area contributed by atoms with Crippen LogP contribution in [0.15, 0.2) is 53.6 Å². The van der Waals surface area contributed by atoms with Crippen molar-refractivity contribution in [3.8, 4) is 0 Å². The number of hydrogen-bond donors (Lipinski definition) is 1. The zero-order valence-electron chi connectivity index (χ0n) is 18.5. The number of imidazole rings is 1. The van der Waals surface area contributed by atoms with Crippen molar-refractivity contribution in [3.63, 3.8) is 0 Å². The summed E-state index contributed by atoms with van der Waals surface area (Å²) in [6.45, 7) is 4.81. The number of nitrogens with zero attached hydrogens (tertiary/aromatic N) is 4. The third kappa shape index (κ3) is 2.97. The molecule has 1 saturated carbocycles. The molecule has 6 rings (SSSR count). The van der Waals surface area contributed by atoms with E-state index in [-0.39, 0.29) is 11.7 Å². The van der Waals surface area contributed by atoms with Crippen LogP contribution >= 0.6 is 0 Å². The minimum absolute atomic E-state index is 0.0661. The Morgan fingerprint density at radius 2 is 2.00 bits per heavy atom. The molecule has 1 aromatic carbocycles. The summed E-state index contributed by atoms with van der Waals surface area (Å²) in [5.41, 5.74) is 5.90. The van der Waals surface area contributed by atoms with Crippen LogP contribution in [0.4, 0.5) is 0 Å². The summed E-state index contributed by atoms with van der Waals surface area (Å²) in [7, 11) is 0. The zero-order chi connectivity index (χ0) is 21.8. The number of aromatic nitrogens is 5. The van der Waals surface area contributed by atoms with E-state index in [1.165, 1.54) is 19.3 Å². The Hall–Kier alpha value is -3.41. The van der Waals surface area contributed by atoms with E-state index in [4.69, 9.17) is 0 Å². The van der Waals surface area contributed by atoms with E-state index in [0.717, 1.165) is 50.6 Å². The van der Waals surface area contributed by atoms with Gasteiger partial charge in [0.05, 0.1) is 29.3 Å². The van der Waals surface area contributed by atoms with Crippen molar-refractivity contribution in [2.45, 2.75) is 52.1 Å². The molecule has 0 spiro atoms. The predicted octanol–water partition coefficient (Wildman–Crippen LogP) is 5.34. The van der Waals surface area contributed by atoms with Crippen molar-refractivity contribution < 1.29 is 0 Å². The van der Waals surface area contributed by atoms with Crippen LogP contribution in [0.2, 0.25) is 0 Å². The van der Waals surface area contributed by atoms with E-state index < -0.39 is 0 Å². The highest BCUT2D eigenvalue weighted by atomic mass is 16.1. The average molecular weight is 426 g/mol. The van der Waals surface area contributed by atoms with Crippen LogP contribution < -0.4 is 5.69 Å². The smallest absolute Gasteiger partial charge is 0.329 e. The molecule has 6 heteroatoms. The summed E-state index contributed by atoms with van der Waals surface area (Å²) in [6, 6.07) is 12.7. The Morgan fingerprint density at radius 3 is 2.88 bits per heavy atom. The van der Waals surface area contributed by atoms with E-state index in [9.17, 15) is 4.79 Å². The third-order valence-electron chi connectivity index (χ3n) is 7.14. The Labute approximate surface area is 185 Å². The fourth-order valence-electron chi connectivity index (χ4n) is 5.46. The SMILES string of the molecule is Cc1ccc2cc(Cn3c(=O)n(C4CCCC[C@H]4C)c4c5cc[nH]c5ncc43)ccc2n1. The minimum atomic E-state index is 0.0661. The van der Waals surface area contributed by atoms with Crippen LogP contribution in [0.5, 0.6) is 0 Å². The summed E-state index contributed by atoms with van der Waals surface area (Å²) < 4.78 is 3.97. The van der Waals surface area contributed by atoms with Gasteiger partial charge >= 0.3 is 5.69 Å². The molecule has 4 heterocycles. The first kappa shape index (κ1) is 19.3. The van der Waals surface area contributed by atoms with Crippen molar-refractivity contribution in [2.75, 3.05) is 0 Å². The van der Waals surface area contributed by atoms with Crippen molar-refractivity contribution in [2.24, 2.45) is 5.92 Å². The highest BCUT2D eigenvalue weighted by Gasteiger charge is 2.28. The van der Waals surface area contributed by atoms with Gasteiger partial charge in [-0.15, -0.1) is 0 Å². The second-order valence-electron chi connectivity index (χ2n) is 9.28. The second-order valence-corrected chi connectivity index (χ2v) is 9.28. The maximum atomic E-state index is 13.9. The van der Waals surface area contributed by atoms with Crippen LogP contribution in [-0.2, 0) is 6.54 Å². The molecule has 5 aromatic rings. The van der Waals surface area contributed by atoms with E-state index in [0.29, 0.717) is 12.5 Å². The van der Waals surface area contributed by atoms with Crippen molar-refractivity contribution in [3.05, 3.63) is 70.5 Å². The highest BCUT2D eigenvalue weighted by Crippen LogP contribution is 2.36. The monoisotopic (exact) mass is 425 g/mol. The quantitative estimate of drug-likeness (QED) is 0.424. The maximum absolute atomic E-state index is 13.9. The molecule has 1 unspecified atom stereocenters. The number of H-pyrrole nitrogens is 1. The predicted molar refractivity (Wildman–Crippen MR) is 128 cm³/mol. The number of aromatic amines is 1. The van der Waals surface area contributed by atoms with Gasteiger partial charge in [-0.2, -0.15) is 0 Å². The second kappa shape index (κ2) is 7.33. The first-order valence-corrected chi connectivity index (χ1v) is 11.5. The van der Waals surface area contributed by atoms with Crippen molar-refractivity contribution in [1.82, 2.24) is 24.1 Å². The number of aryl methyl sites for hydroxylation is 1. The van der Waals surface area contributed by atoms with E-state index >= 15 is 0 Å². The summed E-state index contributed by atoms with van der Waals surface area (Å²) >= 11 is 0. The largest absolute Gasteiger partial charge is 0.346 e. The lowest BCUT2D eigenvalue weighted by atomic mass is 9.85. The van der Waals surface area contributed by atoms with Gasteiger partial charge < -0.3 is 4.98 Å². The van der Waals surface area contributed by atoms with E-state index in [2.05, 4.69) is 44.6 Å². The van der Waals surface area contributed by atoms with Crippen LogP contribution in [-0.4, -0.2) is 24.1 Å². The molecule has 0 aliphatic heterocycles. The summed E-state index contributed by atoms with van der Waals surface area (Å²) in [6.07, 6.45) is 8.40. The van der Waals surface area contributed by atoms with Gasteiger partial charge in [-0.25, -0.2) is 9.78 Å². The molecule has 162 valence electrons. The number of hydrogen-bond acceptors (Lipinski definition) is 3. The molecule has 1 N–H and O–H groups in total. The lowest BCUT2D eigenvalue weighted by Gasteiger charge is -2.29. The molecular weight excluding hydrogens is 398 g/mol. The number of pyridine rings is 2. The van der Waals surface area contributed by atoms with Gasteiger partial charge in [-0.05, 0) is 55.5 Å². The van der Waals surface area contributed by atoms with Gasteiger partial charge in [-0.3, -0.25) is 14.1 Å². The third-order valence-corrected chi connectivity index (χ3v) is 7.14. The Kier molecular flexibility index (Phi) is 4.42. The average Bonchev–Trinajstić information content (AvgIpc) is 3.37. The fourth-order valence-corrected chi connectivity index (χ4v) is 5.46. The number of nitrogens with one attached hydrogen (secondary N) is 1. The first-order valence-electron chi connectivity index (χ1n) is 11.5. The van der Waals surface area contributed by atoms with Crippen LogP contribution in [0.3, 0.4) is 0 Å². The lowest BCUT2D eigenvalue weighted by molar-refractivity contribution is 0.256. The zero-order valence-corrected chi connectivity index (χ0v) is 18.5. The minimum Gasteiger partial charge on any atom is -0.346 e. The topological polar surface area (TPSA) is 68.5 Å². The number of rotatable bonds is 3. The molecule has 32 heavy (non-hydrogen) atoms. The Balaban J connectivity index is 1.55. The molecule has 1 aliphatic carbocycles. The van der Waals surface area contributed by atoms with Gasteiger partial charge in [-0.1, -0.05) is 31.9 Å². The Bertz CT molecular complexity index is 1520. The molecular formula is C26H27N5O. The van der Waals surface area contributed by atoms with Crippen LogP contribution in [0.25, 0.3) is 33.0 Å². The lowest BCUT2D eigenvalue weighted by Crippen LogP contribution is -2.32. The van der Waals surface area contributed by atoms with Gasteiger partial charge in [0.25, 0.3) is 0 Å². The molecule has 2 atom stereocenters. The molecule has 4 aromatic heterocycles. The molecule has 0 radical (unpaired) electrons. The number of fused-ring (bicyclic) bond motifs is 4. The standard InChI is InChI=1S/C26H27N5O/c1-16-5-3-4-6-22(16)31-24-20-11-12-27-25(20)28-14-23(24)30(26(31)32)15-18-8-10-21-19(13-18)9-7-17(2)29-21/h7-14,16,22H,3-6,15H2,1-2H3,(H,27,28)/t16-,22?/m1/s1. The molecule has 1 fully saturated rings.